The summed E-state index contributed by atoms with van der Waals surface area (Å²) >= 11 is 0. The van der Waals surface area contributed by atoms with Crippen molar-refractivity contribution in [2.75, 3.05) is 0 Å². The molecule has 0 heterocycles. The van der Waals surface area contributed by atoms with Gasteiger partial charge in [0.1, 0.15) is 47.0 Å². The van der Waals surface area contributed by atoms with Crippen LogP contribution < -0.4 is 4.74 Å². The van der Waals surface area contributed by atoms with Crippen LogP contribution in [0.4, 0.5) is 43.9 Å². The smallest absolute Gasteiger partial charge is 0.489 e. The Morgan fingerprint density at radius 3 is 1.83 bits per heavy atom. The normalized spacial score (nSPS) is 12.3. The second-order valence-electron chi connectivity index (χ2n) is 10.7. The second kappa shape index (κ2) is 13.7. The van der Waals surface area contributed by atoms with Crippen molar-refractivity contribution in [3.63, 3.8) is 0 Å². The number of ether oxygens (including phenoxy) is 2. The largest absolute Gasteiger partial charge is 0.527 e. The van der Waals surface area contributed by atoms with Gasteiger partial charge in [0.15, 0.2) is 0 Å². The molecule has 5 aromatic carbocycles. The van der Waals surface area contributed by atoms with Crippen LogP contribution in [-0.2, 0) is 23.9 Å². The summed E-state index contributed by atoms with van der Waals surface area (Å²) in [5.41, 5.74) is -1.85. The first-order valence-electron chi connectivity index (χ1n) is 14.3. The molecule has 5 aromatic rings. The molecule has 0 aromatic heterocycles. The van der Waals surface area contributed by atoms with Crippen LogP contribution >= 0.6 is 0 Å². The Hall–Kier alpha value is -4.84. The maximum absolute atomic E-state index is 15.1. The first kappa shape index (κ1) is 34.5. The molecule has 0 unspecified atom stereocenters. The number of alkyl halides is 5. The standard InChI is InChI=1S/C36H24F10O2/c1-2-3-4-5-20-6-7-22-13-23(9-8-21(22)12-20)24-10-11-25(28(37)14-24)19-47-27-17-29(38)33(30(39)18-27)26-15-31(40)34(32(41)16-26)35(42,43)48-36(44,45)46/h2-3,6-18H,4-5,19H2,1H3/b3-2+. The first-order chi connectivity index (χ1) is 22.6. The zero-order valence-corrected chi connectivity index (χ0v) is 24.9. The number of rotatable bonds is 10. The Balaban J connectivity index is 1.31. The topological polar surface area (TPSA) is 18.5 Å². The SMILES string of the molecule is C/C=C/CCc1ccc2cc(-c3ccc(COc4cc(F)c(-c5cc(F)c(C(F)(F)OC(F)(F)F)c(F)c5)c(F)c4)c(F)c3)ccc2c1. The van der Waals surface area contributed by atoms with E-state index in [1.54, 1.807) is 6.07 Å². The zero-order valence-electron chi connectivity index (χ0n) is 24.9. The molecular formula is C36H24F10O2. The number of hydrogen-bond donors (Lipinski definition) is 0. The Labute approximate surface area is 267 Å². The predicted molar refractivity (Wildman–Crippen MR) is 160 cm³/mol. The lowest BCUT2D eigenvalue weighted by Gasteiger charge is -2.20. The van der Waals surface area contributed by atoms with Crippen molar-refractivity contribution in [2.45, 2.75) is 38.8 Å². The van der Waals surface area contributed by atoms with Crippen LogP contribution in [0.3, 0.4) is 0 Å². The van der Waals surface area contributed by atoms with E-state index in [1.165, 1.54) is 17.7 Å². The molecule has 0 radical (unpaired) electrons. The molecule has 0 fully saturated rings. The molecule has 0 saturated heterocycles. The van der Waals surface area contributed by atoms with Gasteiger partial charge in [0.05, 0.1) is 5.56 Å². The fourth-order valence-corrected chi connectivity index (χ4v) is 5.15. The van der Waals surface area contributed by atoms with Crippen LogP contribution in [0.1, 0.15) is 30.0 Å². The minimum Gasteiger partial charge on any atom is -0.489 e. The van der Waals surface area contributed by atoms with E-state index < -0.39 is 70.6 Å². The number of hydrogen-bond acceptors (Lipinski definition) is 2. The summed E-state index contributed by atoms with van der Waals surface area (Å²) in [6.45, 7) is 1.50. The Morgan fingerprint density at radius 2 is 1.21 bits per heavy atom. The van der Waals surface area contributed by atoms with E-state index in [9.17, 15) is 39.5 Å². The van der Waals surface area contributed by atoms with Crippen LogP contribution in [0.15, 0.2) is 91.0 Å². The molecule has 0 atom stereocenters. The molecule has 0 amide bonds. The van der Waals surface area contributed by atoms with E-state index in [-0.39, 0.29) is 17.7 Å². The van der Waals surface area contributed by atoms with Crippen molar-refractivity contribution >= 4 is 10.8 Å². The van der Waals surface area contributed by atoms with E-state index in [0.717, 1.165) is 29.2 Å². The molecule has 0 spiro atoms. The third kappa shape index (κ3) is 7.82. The van der Waals surface area contributed by atoms with Crippen LogP contribution in [0.5, 0.6) is 5.75 Å². The van der Waals surface area contributed by atoms with Crippen LogP contribution in [0.2, 0.25) is 0 Å². The highest BCUT2D eigenvalue weighted by Crippen LogP contribution is 2.41. The summed E-state index contributed by atoms with van der Waals surface area (Å²) in [6.07, 6.45) is -5.48. The molecule has 12 heteroatoms. The summed E-state index contributed by atoms with van der Waals surface area (Å²) in [4.78, 5) is 0. The van der Waals surface area contributed by atoms with Crippen molar-refractivity contribution in [1.82, 2.24) is 0 Å². The molecule has 0 N–H and O–H groups in total. The highest BCUT2D eigenvalue weighted by Gasteiger charge is 2.49. The zero-order chi connectivity index (χ0) is 34.8. The van der Waals surface area contributed by atoms with E-state index in [2.05, 4.69) is 16.9 Å². The second-order valence-corrected chi connectivity index (χ2v) is 10.7. The Kier molecular flexibility index (Phi) is 9.86. The van der Waals surface area contributed by atoms with Gasteiger partial charge in [0.2, 0.25) is 0 Å². The summed E-state index contributed by atoms with van der Waals surface area (Å²) in [7, 11) is 0. The van der Waals surface area contributed by atoms with Gasteiger partial charge >= 0.3 is 12.5 Å². The number of benzene rings is 5. The van der Waals surface area contributed by atoms with Crippen molar-refractivity contribution in [3.8, 4) is 28.0 Å². The Morgan fingerprint density at radius 1 is 0.625 bits per heavy atom. The van der Waals surface area contributed by atoms with Gasteiger partial charge in [-0.15, -0.1) is 13.2 Å². The third-order valence-electron chi connectivity index (χ3n) is 7.40. The molecule has 0 saturated carbocycles. The highest BCUT2D eigenvalue weighted by atomic mass is 19.4. The van der Waals surface area contributed by atoms with Crippen LogP contribution in [0, 0.1) is 29.1 Å². The van der Waals surface area contributed by atoms with Gasteiger partial charge in [0, 0.05) is 17.7 Å². The average Bonchev–Trinajstić information content (AvgIpc) is 2.98. The van der Waals surface area contributed by atoms with Crippen LogP contribution in [-0.4, -0.2) is 6.36 Å². The highest BCUT2D eigenvalue weighted by molar-refractivity contribution is 5.88. The first-order valence-corrected chi connectivity index (χ1v) is 14.3. The Bertz CT molecular complexity index is 1950. The maximum atomic E-state index is 15.1. The monoisotopic (exact) mass is 678 g/mol. The van der Waals surface area contributed by atoms with E-state index >= 15 is 4.39 Å². The maximum Gasteiger partial charge on any atom is 0.527 e. The molecule has 0 aliphatic heterocycles. The van der Waals surface area contributed by atoms with Gasteiger partial charge in [-0.25, -0.2) is 26.7 Å². The van der Waals surface area contributed by atoms with Gasteiger partial charge in [0.25, 0.3) is 0 Å². The van der Waals surface area contributed by atoms with Gasteiger partial charge in [-0.1, -0.05) is 54.6 Å². The fraction of sp³-hybridized carbons (Fsp3) is 0.167. The number of aryl methyl sites for hydroxylation is 1. The van der Waals surface area contributed by atoms with Gasteiger partial charge in [-0.05, 0) is 77.1 Å². The average molecular weight is 679 g/mol. The lowest BCUT2D eigenvalue weighted by Crippen LogP contribution is -2.29. The minimum absolute atomic E-state index is 0.0320. The molecule has 0 aliphatic rings. The number of allylic oxidation sites excluding steroid dienone is 2. The molecule has 0 aliphatic carbocycles. The quantitative estimate of drug-likeness (QED) is 0.108. The van der Waals surface area contributed by atoms with E-state index in [4.69, 9.17) is 4.74 Å². The number of fused-ring (bicyclic) bond motifs is 1. The van der Waals surface area contributed by atoms with E-state index in [1.807, 2.05) is 43.3 Å². The summed E-state index contributed by atoms with van der Waals surface area (Å²) in [6, 6.07) is 17.5. The van der Waals surface area contributed by atoms with E-state index in [0.29, 0.717) is 17.7 Å². The summed E-state index contributed by atoms with van der Waals surface area (Å²) < 4.78 is 146. The van der Waals surface area contributed by atoms with Gasteiger partial charge < -0.3 is 4.74 Å². The fourth-order valence-electron chi connectivity index (χ4n) is 5.15. The van der Waals surface area contributed by atoms with Crippen LogP contribution in [0.25, 0.3) is 33.0 Å². The molecule has 2 nitrogen and oxygen atoms in total. The van der Waals surface area contributed by atoms with Crippen molar-refractivity contribution < 1.29 is 53.4 Å². The summed E-state index contributed by atoms with van der Waals surface area (Å²) in [5, 5.41) is 2.01. The lowest BCUT2D eigenvalue weighted by atomic mass is 9.98. The lowest BCUT2D eigenvalue weighted by molar-refractivity contribution is -0.432. The van der Waals surface area contributed by atoms with Crippen molar-refractivity contribution in [1.29, 1.82) is 0 Å². The summed E-state index contributed by atoms with van der Waals surface area (Å²) in [5.74, 6) is -8.50. The minimum atomic E-state index is -5.95. The molecule has 5 rings (SSSR count). The van der Waals surface area contributed by atoms with Crippen molar-refractivity contribution in [2.24, 2.45) is 0 Å². The molecular weight excluding hydrogens is 654 g/mol. The van der Waals surface area contributed by atoms with Crippen molar-refractivity contribution in [3.05, 3.63) is 137 Å². The molecule has 0 bridgehead atoms. The predicted octanol–water partition coefficient (Wildman–Crippen LogP) is 11.5. The molecule has 48 heavy (non-hydrogen) atoms. The van der Waals surface area contributed by atoms with Gasteiger partial charge in [-0.2, -0.15) is 8.78 Å². The third-order valence-corrected chi connectivity index (χ3v) is 7.40. The van der Waals surface area contributed by atoms with Gasteiger partial charge in [-0.3, -0.25) is 0 Å². The number of halogens is 10. The molecule has 250 valence electrons.